The highest BCUT2D eigenvalue weighted by atomic mass is 16.3. The first-order valence-corrected chi connectivity index (χ1v) is 10.7. The van der Waals surface area contributed by atoms with Crippen LogP contribution in [0.15, 0.2) is 89.1 Å². The fraction of sp³-hybridized carbons (Fsp3) is 0.214. The molecule has 1 unspecified atom stereocenters. The molecular formula is C28H24O. The van der Waals surface area contributed by atoms with Gasteiger partial charge in [-0.1, -0.05) is 66.8 Å². The highest BCUT2D eigenvalue weighted by Gasteiger charge is 2.25. The maximum atomic E-state index is 5.94. The van der Waals surface area contributed by atoms with Gasteiger partial charge in [-0.05, 0) is 81.5 Å². The van der Waals surface area contributed by atoms with Gasteiger partial charge in [0.15, 0.2) is 0 Å². The summed E-state index contributed by atoms with van der Waals surface area (Å²) >= 11 is 0. The van der Waals surface area contributed by atoms with Gasteiger partial charge in [0, 0.05) is 6.42 Å². The predicted molar refractivity (Wildman–Crippen MR) is 120 cm³/mol. The molecule has 1 aromatic heterocycles. The van der Waals surface area contributed by atoms with Crippen molar-refractivity contribution in [3.05, 3.63) is 107 Å². The highest BCUT2D eigenvalue weighted by molar-refractivity contribution is 6.08. The molecular weight excluding hydrogens is 352 g/mol. The molecule has 0 aliphatic heterocycles. The standard InChI is InChI=1S/C28H24O/c1-2-6-19(5-1)17-28-24(15-16-29-28)22-10-9-21-12-13-25-23-8-4-3-7-20(23)11-14-26(25)27(21)18-22/h1,3-8,11-16,22H,2,9-10,17-18H2. The number of rotatable bonds is 3. The summed E-state index contributed by atoms with van der Waals surface area (Å²) in [6.45, 7) is 0. The van der Waals surface area contributed by atoms with E-state index in [-0.39, 0.29) is 0 Å². The second-order valence-electron chi connectivity index (χ2n) is 8.42. The molecule has 6 rings (SSSR count). The van der Waals surface area contributed by atoms with Crippen molar-refractivity contribution in [1.29, 1.82) is 0 Å². The Morgan fingerprint density at radius 1 is 0.897 bits per heavy atom. The Balaban J connectivity index is 1.40. The summed E-state index contributed by atoms with van der Waals surface area (Å²) in [4.78, 5) is 0. The molecule has 0 saturated carbocycles. The zero-order valence-corrected chi connectivity index (χ0v) is 16.5. The lowest BCUT2D eigenvalue weighted by Gasteiger charge is -2.26. The molecule has 29 heavy (non-hydrogen) atoms. The number of furan rings is 1. The Kier molecular flexibility index (Phi) is 3.94. The first-order chi connectivity index (χ1) is 14.4. The van der Waals surface area contributed by atoms with Crippen molar-refractivity contribution in [1.82, 2.24) is 0 Å². The van der Waals surface area contributed by atoms with E-state index in [0.717, 1.165) is 31.4 Å². The molecule has 4 aromatic rings. The molecule has 2 aliphatic rings. The van der Waals surface area contributed by atoms with E-state index in [1.165, 1.54) is 50.2 Å². The Morgan fingerprint density at radius 2 is 1.83 bits per heavy atom. The SMILES string of the molecule is C1=CC(Cc2occc2C2CCc3ccc4c(ccc5ccccc54)c3C2)=CC1. The van der Waals surface area contributed by atoms with E-state index in [1.54, 1.807) is 0 Å². The largest absolute Gasteiger partial charge is 0.469 e. The topological polar surface area (TPSA) is 13.1 Å². The minimum atomic E-state index is 0.541. The van der Waals surface area contributed by atoms with E-state index in [2.05, 4.69) is 72.8 Å². The Hall–Kier alpha value is -3.06. The quantitative estimate of drug-likeness (QED) is 0.342. The van der Waals surface area contributed by atoms with Gasteiger partial charge in [0.2, 0.25) is 0 Å². The van der Waals surface area contributed by atoms with Crippen molar-refractivity contribution in [2.75, 3.05) is 0 Å². The van der Waals surface area contributed by atoms with Gasteiger partial charge < -0.3 is 4.42 Å². The summed E-state index contributed by atoms with van der Waals surface area (Å²) < 4.78 is 5.94. The summed E-state index contributed by atoms with van der Waals surface area (Å²) in [5, 5.41) is 5.50. The van der Waals surface area contributed by atoms with Crippen LogP contribution in [0.2, 0.25) is 0 Å². The van der Waals surface area contributed by atoms with Gasteiger partial charge in [-0.2, -0.15) is 0 Å². The lowest BCUT2D eigenvalue weighted by atomic mass is 9.77. The number of fused-ring (bicyclic) bond motifs is 5. The molecule has 1 heteroatoms. The normalized spacial score (nSPS) is 18.3. The van der Waals surface area contributed by atoms with Crippen LogP contribution in [-0.4, -0.2) is 0 Å². The third-order valence-corrected chi connectivity index (χ3v) is 6.78. The summed E-state index contributed by atoms with van der Waals surface area (Å²) in [5.74, 6) is 1.70. The van der Waals surface area contributed by atoms with Crippen LogP contribution in [0.3, 0.4) is 0 Å². The van der Waals surface area contributed by atoms with Crippen LogP contribution in [-0.2, 0) is 19.3 Å². The lowest BCUT2D eigenvalue weighted by Crippen LogP contribution is -2.14. The summed E-state index contributed by atoms with van der Waals surface area (Å²) in [5.41, 5.74) is 5.86. The molecule has 142 valence electrons. The number of hydrogen-bond donors (Lipinski definition) is 0. The van der Waals surface area contributed by atoms with Gasteiger partial charge in [-0.25, -0.2) is 0 Å². The van der Waals surface area contributed by atoms with Crippen molar-refractivity contribution >= 4 is 21.5 Å². The second-order valence-corrected chi connectivity index (χ2v) is 8.42. The zero-order chi connectivity index (χ0) is 19.2. The second kappa shape index (κ2) is 6.77. The first kappa shape index (κ1) is 16.9. The number of hydrogen-bond acceptors (Lipinski definition) is 1. The first-order valence-electron chi connectivity index (χ1n) is 10.7. The summed E-state index contributed by atoms with van der Waals surface area (Å²) in [7, 11) is 0. The average molecular weight is 376 g/mol. The molecule has 1 atom stereocenters. The maximum absolute atomic E-state index is 5.94. The van der Waals surface area contributed by atoms with Crippen LogP contribution in [0.5, 0.6) is 0 Å². The molecule has 0 N–H and O–H groups in total. The molecule has 1 nitrogen and oxygen atoms in total. The summed E-state index contributed by atoms with van der Waals surface area (Å²) in [6, 6.07) is 20.3. The fourth-order valence-corrected chi connectivity index (χ4v) is 5.30. The van der Waals surface area contributed by atoms with Gasteiger partial charge in [-0.3, -0.25) is 0 Å². The van der Waals surface area contributed by atoms with Crippen molar-refractivity contribution in [2.45, 2.75) is 38.0 Å². The van der Waals surface area contributed by atoms with Crippen LogP contribution in [0.4, 0.5) is 0 Å². The molecule has 0 fully saturated rings. The number of aryl methyl sites for hydroxylation is 1. The van der Waals surface area contributed by atoms with Crippen LogP contribution in [0, 0.1) is 0 Å². The predicted octanol–water partition coefficient (Wildman–Crippen LogP) is 7.29. The lowest BCUT2D eigenvalue weighted by molar-refractivity contribution is 0.500. The zero-order valence-electron chi connectivity index (χ0n) is 16.5. The molecule has 3 aromatic carbocycles. The molecule has 0 radical (unpaired) electrons. The minimum Gasteiger partial charge on any atom is -0.469 e. The van der Waals surface area contributed by atoms with Gasteiger partial charge in [-0.15, -0.1) is 0 Å². The van der Waals surface area contributed by atoms with E-state index in [4.69, 9.17) is 4.42 Å². The van der Waals surface area contributed by atoms with E-state index in [0.29, 0.717) is 5.92 Å². The van der Waals surface area contributed by atoms with Crippen molar-refractivity contribution < 1.29 is 4.42 Å². The molecule has 0 amide bonds. The molecule has 0 saturated heterocycles. The van der Waals surface area contributed by atoms with Gasteiger partial charge in [0.1, 0.15) is 5.76 Å². The Labute approximate surface area is 171 Å². The van der Waals surface area contributed by atoms with Gasteiger partial charge >= 0.3 is 0 Å². The smallest absolute Gasteiger partial charge is 0.111 e. The van der Waals surface area contributed by atoms with Gasteiger partial charge in [0.05, 0.1) is 6.26 Å². The number of allylic oxidation sites excluding steroid dienone is 4. The van der Waals surface area contributed by atoms with Crippen LogP contribution < -0.4 is 0 Å². The van der Waals surface area contributed by atoms with E-state index in [1.807, 2.05) is 6.26 Å². The number of benzene rings is 3. The molecule has 1 heterocycles. The van der Waals surface area contributed by atoms with E-state index < -0.39 is 0 Å². The molecule has 2 aliphatic carbocycles. The fourth-order valence-electron chi connectivity index (χ4n) is 5.30. The Bertz CT molecular complexity index is 1280. The summed E-state index contributed by atoms with van der Waals surface area (Å²) in [6.07, 6.45) is 14.1. The van der Waals surface area contributed by atoms with Crippen molar-refractivity contribution in [3.8, 4) is 0 Å². The van der Waals surface area contributed by atoms with E-state index in [9.17, 15) is 0 Å². The van der Waals surface area contributed by atoms with E-state index >= 15 is 0 Å². The monoisotopic (exact) mass is 376 g/mol. The molecule has 0 spiro atoms. The Morgan fingerprint density at radius 3 is 2.76 bits per heavy atom. The van der Waals surface area contributed by atoms with Crippen molar-refractivity contribution in [3.63, 3.8) is 0 Å². The maximum Gasteiger partial charge on any atom is 0.111 e. The average Bonchev–Trinajstić information content (AvgIpc) is 3.45. The van der Waals surface area contributed by atoms with Crippen LogP contribution >= 0.6 is 0 Å². The molecule has 0 bridgehead atoms. The highest BCUT2D eigenvalue weighted by Crippen LogP contribution is 2.40. The van der Waals surface area contributed by atoms with Crippen molar-refractivity contribution in [2.24, 2.45) is 0 Å². The minimum absolute atomic E-state index is 0.541. The third-order valence-electron chi connectivity index (χ3n) is 6.78. The van der Waals surface area contributed by atoms with Gasteiger partial charge in [0.25, 0.3) is 0 Å². The third kappa shape index (κ3) is 2.84. The van der Waals surface area contributed by atoms with Crippen LogP contribution in [0.25, 0.3) is 21.5 Å². The van der Waals surface area contributed by atoms with Crippen LogP contribution in [0.1, 0.15) is 41.2 Å².